The largest absolute Gasteiger partial charge is 0.497 e. The molecule has 1 unspecified atom stereocenters. The molecule has 7 nitrogen and oxygen atoms in total. The van der Waals surface area contributed by atoms with Crippen LogP contribution in [0.3, 0.4) is 0 Å². The Labute approximate surface area is 179 Å². The number of carbonyl (C=O) groups excluding carboxylic acids is 3. The van der Waals surface area contributed by atoms with Crippen molar-refractivity contribution in [2.45, 2.75) is 12.5 Å². The number of methoxy groups -OCH3 is 1. The molecule has 2 aromatic rings. The van der Waals surface area contributed by atoms with E-state index in [2.05, 4.69) is 5.32 Å². The van der Waals surface area contributed by atoms with Crippen LogP contribution in [0.5, 0.6) is 11.5 Å². The molecule has 1 heterocycles. The van der Waals surface area contributed by atoms with Crippen molar-refractivity contribution in [3.05, 3.63) is 59.7 Å². The van der Waals surface area contributed by atoms with Crippen LogP contribution in [0.2, 0.25) is 0 Å². The SMILES string of the molecule is COc1ccc(OCCNC(=O)C(CCSC)N2C(=O)c3ccccc3C2=O)cc1. The smallest absolute Gasteiger partial charge is 0.262 e. The van der Waals surface area contributed by atoms with Crippen LogP contribution >= 0.6 is 11.8 Å². The van der Waals surface area contributed by atoms with Gasteiger partial charge >= 0.3 is 0 Å². The van der Waals surface area contributed by atoms with Crippen LogP contribution in [0.4, 0.5) is 0 Å². The highest BCUT2D eigenvalue weighted by molar-refractivity contribution is 7.98. The zero-order valence-electron chi connectivity index (χ0n) is 16.9. The van der Waals surface area contributed by atoms with E-state index in [1.54, 1.807) is 67.4 Å². The van der Waals surface area contributed by atoms with Gasteiger partial charge in [0, 0.05) is 0 Å². The standard InChI is InChI=1S/C22H24N2O5S/c1-28-15-7-9-16(10-8-15)29-13-12-23-20(25)19(11-14-30-2)24-21(26)17-5-3-4-6-18(17)22(24)27/h3-10,19H,11-14H2,1-2H3,(H,23,25). The van der Waals surface area contributed by atoms with Gasteiger partial charge in [-0.05, 0) is 54.8 Å². The molecule has 0 aliphatic carbocycles. The number of thioether (sulfide) groups is 1. The molecule has 0 bridgehead atoms. The van der Waals surface area contributed by atoms with Crippen LogP contribution in [0.25, 0.3) is 0 Å². The van der Waals surface area contributed by atoms with Crippen molar-refractivity contribution in [1.29, 1.82) is 0 Å². The molecule has 1 aliphatic rings. The number of hydrogen-bond donors (Lipinski definition) is 1. The van der Waals surface area contributed by atoms with Crippen LogP contribution in [-0.4, -0.2) is 60.9 Å². The highest BCUT2D eigenvalue weighted by Crippen LogP contribution is 2.26. The van der Waals surface area contributed by atoms with Crippen molar-refractivity contribution in [3.8, 4) is 11.5 Å². The lowest BCUT2D eigenvalue weighted by atomic mass is 10.1. The molecule has 1 aliphatic heterocycles. The Bertz CT molecular complexity index is 881. The molecule has 1 atom stereocenters. The van der Waals surface area contributed by atoms with Gasteiger partial charge in [-0.3, -0.25) is 19.3 Å². The quantitative estimate of drug-likeness (QED) is 0.463. The third kappa shape index (κ3) is 4.76. The Kier molecular flexibility index (Phi) is 7.35. The molecule has 3 rings (SSSR count). The molecule has 0 spiro atoms. The first-order valence-corrected chi connectivity index (χ1v) is 11.0. The van der Waals surface area contributed by atoms with E-state index < -0.39 is 17.9 Å². The first-order chi connectivity index (χ1) is 14.6. The lowest BCUT2D eigenvalue weighted by molar-refractivity contribution is -0.125. The maximum Gasteiger partial charge on any atom is 0.262 e. The van der Waals surface area contributed by atoms with Gasteiger partial charge in [-0.2, -0.15) is 11.8 Å². The molecule has 0 radical (unpaired) electrons. The molecular weight excluding hydrogens is 404 g/mol. The van der Waals surface area contributed by atoms with Gasteiger partial charge < -0.3 is 14.8 Å². The van der Waals surface area contributed by atoms with Gasteiger partial charge in [0.1, 0.15) is 24.1 Å². The van der Waals surface area contributed by atoms with Gasteiger partial charge in [0.2, 0.25) is 5.91 Å². The van der Waals surface area contributed by atoms with E-state index in [1.165, 1.54) is 0 Å². The normalized spacial score (nSPS) is 13.7. The second-order valence-electron chi connectivity index (χ2n) is 6.64. The number of rotatable bonds is 10. The number of hydrogen-bond acceptors (Lipinski definition) is 6. The van der Waals surface area contributed by atoms with Gasteiger partial charge in [-0.25, -0.2) is 0 Å². The van der Waals surface area contributed by atoms with Crippen molar-refractivity contribution in [3.63, 3.8) is 0 Å². The summed E-state index contributed by atoms with van der Waals surface area (Å²) >= 11 is 1.56. The van der Waals surface area contributed by atoms with Crippen molar-refractivity contribution in [1.82, 2.24) is 10.2 Å². The summed E-state index contributed by atoms with van der Waals surface area (Å²) in [5.74, 6) is 0.820. The first kappa shape index (κ1) is 21.7. The summed E-state index contributed by atoms with van der Waals surface area (Å²) in [4.78, 5) is 39.5. The Morgan fingerprint density at radius 1 is 1.03 bits per heavy atom. The van der Waals surface area contributed by atoms with E-state index in [1.807, 2.05) is 6.26 Å². The van der Waals surface area contributed by atoms with Gasteiger partial charge in [-0.1, -0.05) is 12.1 Å². The van der Waals surface area contributed by atoms with E-state index in [-0.39, 0.29) is 19.1 Å². The molecule has 0 fully saturated rings. The third-order valence-electron chi connectivity index (χ3n) is 4.76. The molecule has 3 amide bonds. The van der Waals surface area contributed by atoms with E-state index in [4.69, 9.17) is 9.47 Å². The fourth-order valence-corrected chi connectivity index (χ4v) is 3.69. The van der Waals surface area contributed by atoms with Crippen molar-refractivity contribution < 1.29 is 23.9 Å². The topological polar surface area (TPSA) is 84.9 Å². The number of carbonyl (C=O) groups is 3. The van der Waals surface area contributed by atoms with E-state index in [0.29, 0.717) is 29.1 Å². The van der Waals surface area contributed by atoms with Crippen LogP contribution < -0.4 is 14.8 Å². The van der Waals surface area contributed by atoms with Gasteiger partial charge in [-0.15, -0.1) is 0 Å². The number of nitrogens with one attached hydrogen (secondary N) is 1. The third-order valence-corrected chi connectivity index (χ3v) is 5.41. The van der Waals surface area contributed by atoms with E-state index >= 15 is 0 Å². The summed E-state index contributed by atoms with van der Waals surface area (Å²) < 4.78 is 10.7. The summed E-state index contributed by atoms with van der Waals surface area (Å²) in [5, 5.41) is 2.79. The molecular formula is C22H24N2O5S. The molecule has 0 aromatic heterocycles. The average Bonchev–Trinajstić information content (AvgIpc) is 3.03. The second kappa shape index (κ2) is 10.2. The molecule has 0 saturated heterocycles. The molecule has 8 heteroatoms. The minimum atomic E-state index is -0.856. The molecule has 0 saturated carbocycles. The summed E-state index contributed by atoms with van der Waals surface area (Å²) in [5.41, 5.74) is 0.680. The monoisotopic (exact) mass is 428 g/mol. The first-order valence-electron chi connectivity index (χ1n) is 9.57. The summed E-state index contributed by atoms with van der Waals surface area (Å²) in [6, 6.07) is 12.9. The van der Waals surface area contributed by atoms with Crippen LogP contribution in [0.1, 0.15) is 27.1 Å². The van der Waals surface area contributed by atoms with Crippen LogP contribution in [0.15, 0.2) is 48.5 Å². The fourth-order valence-electron chi connectivity index (χ4n) is 3.23. The number of ether oxygens (including phenoxy) is 2. The van der Waals surface area contributed by atoms with Crippen molar-refractivity contribution in [2.75, 3.05) is 32.3 Å². The summed E-state index contributed by atoms with van der Waals surface area (Å²) in [7, 11) is 1.59. The zero-order chi connectivity index (χ0) is 21.5. The fraction of sp³-hybridized carbons (Fsp3) is 0.318. The maximum atomic E-state index is 12.8. The molecule has 158 valence electrons. The van der Waals surface area contributed by atoms with Gasteiger partial charge in [0.15, 0.2) is 0 Å². The van der Waals surface area contributed by atoms with E-state index in [0.717, 1.165) is 10.6 Å². The summed E-state index contributed by atoms with van der Waals surface area (Å²) in [6.07, 6.45) is 2.30. The molecule has 30 heavy (non-hydrogen) atoms. The van der Waals surface area contributed by atoms with Crippen molar-refractivity contribution >= 4 is 29.5 Å². The maximum absolute atomic E-state index is 12.8. The predicted molar refractivity (Wildman–Crippen MR) is 115 cm³/mol. The lowest BCUT2D eigenvalue weighted by Crippen LogP contribution is -2.50. The predicted octanol–water partition coefficient (Wildman–Crippen LogP) is 2.61. The van der Waals surface area contributed by atoms with Crippen LogP contribution in [-0.2, 0) is 4.79 Å². The minimum absolute atomic E-state index is 0.254. The number of nitrogens with zero attached hydrogens (tertiary/aromatic N) is 1. The Morgan fingerprint density at radius 3 is 2.20 bits per heavy atom. The zero-order valence-corrected chi connectivity index (χ0v) is 17.7. The summed E-state index contributed by atoms with van der Waals surface area (Å²) in [6.45, 7) is 0.513. The minimum Gasteiger partial charge on any atom is -0.497 e. The Hall–Kier alpha value is -3.00. The Balaban J connectivity index is 1.60. The number of imide groups is 1. The highest BCUT2D eigenvalue weighted by atomic mass is 32.2. The highest BCUT2D eigenvalue weighted by Gasteiger charge is 2.42. The molecule has 1 N–H and O–H groups in total. The van der Waals surface area contributed by atoms with E-state index in [9.17, 15) is 14.4 Å². The number of benzene rings is 2. The van der Waals surface area contributed by atoms with Crippen molar-refractivity contribution in [2.24, 2.45) is 0 Å². The van der Waals surface area contributed by atoms with Gasteiger partial charge in [0.25, 0.3) is 11.8 Å². The Morgan fingerprint density at radius 2 is 1.63 bits per heavy atom. The average molecular weight is 429 g/mol. The number of fused-ring (bicyclic) bond motifs is 1. The second-order valence-corrected chi connectivity index (χ2v) is 7.62. The lowest BCUT2D eigenvalue weighted by Gasteiger charge is -2.25. The number of amides is 3. The molecule has 2 aromatic carbocycles. The van der Waals surface area contributed by atoms with Gasteiger partial charge in [0.05, 0.1) is 24.8 Å². The van der Waals surface area contributed by atoms with Crippen LogP contribution in [0, 0.1) is 0 Å².